The SMILES string of the molecule is O=C(NN1C(=O)CSC1c1ccccc1[N+](=O)[O-])c1ccc(Cl)cc1Oc1ccccc1F. The van der Waals surface area contributed by atoms with Gasteiger partial charge in [-0.1, -0.05) is 35.9 Å². The predicted molar refractivity (Wildman–Crippen MR) is 121 cm³/mol. The van der Waals surface area contributed by atoms with Crippen LogP contribution in [-0.2, 0) is 4.79 Å². The minimum absolute atomic E-state index is 0.00587. The van der Waals surface area contributed by atoms with E-state index in [1.54, 1.807) is 12.1 Å². The van der Waals surface area contributed by atoms with Crippen LogP contribution in [0.4, 0.5) is 10.1 Å². The van der Waals surface area contributed by atoms with E-state index in [0.717, 1.165) is 16.8 Å². The largest absolute Gasteiger partial charge is 0.453 e. The van der Waals surface area contributed by atoms with Gasteiger partial charge in [-0.2, -0.15) is 0 Å². The third-order valence-corrected chi connectivity index (χ3v) is 6.16. The molecule has 0 saturated carbocycles. The molecule has 33 heavy (non-hydrogen) atoms. The van der Waals surface area contributed by atoms with Gasteiger partial charge in [-0.3, -0.25) is 25.1 Å². The molecule has 11 heteroatoms. The van der Waals surface area contributed by atoms with Gasteiger partial charge in [0.05, 0.1) is 21.8 Å². The summed E-state index contributed by atoms with van der Waals surface area (Å²) in [5, 5.41) is 11.9. The van der Waals surface area contributed by atoms with Crippen molar-refractivity contribution >= 4 is 40.9 Å². The van der Waals surface area contributed by atoms with Gasteiger partial charge in [0.25, 0.3) is 17.5 Å². The lowest BCUT2D eigenvalue weighted by Crippen LogP contribution is -2.44. The maximum atomic E-state index is 14.1. The zero-order valence-electron chi connectivity index (χ0n) is 16.7. The van der Waals surface area contributed by atoms with Crippen LogP contribution >= 0.6 is 23.4 Å². The van der Waals surface area contributed by atoms with Gasteiger partial charge >= 0.3 is 0 Å². The minimum atomic E-state index is -0.800. The number of para-hydroxylation sites is 2. The molecule has 1 fully saturated rings. The van der Waals surface area contributed by atoms with Crippen molar-refractivity contribution in [2.75, 3.05) is 5.75 Å². The van der Waals surface area contributed by atoms with Crippen LogP contribution in [-0.4, -0.2) is 27.5 Å². The van der Waals surface area contributed by atoms with Gasteiger partial charge in [0.15, 0.2) is 11.6 Å². The van der Waals surface area contributed by atoms with Gasteiger partial charge in [0.2, 0.25) is 0 Å². The van der Waals surface area contributed by atoms with Crippen molar-refractivity contribution < 1.29 is 23.6 Å². The Labute approximate surface area is 196 Å². The molecule has 1 heterocycles. The summed E-state index contributed by atoms with van der Waals surface area (Å²) >= 11 is 7.18. The van der Waals surface area contributed by atoms with Crippen molar-refractivity contribution in [3.8, 4) is 11.5 Å². The predicted octanol–water partition coefficient (Wildman–Crippen LogP) is 5.10. The Morgan fingerprint density at radius 1 is 1.15 bits per heavy atom. The molecule has 0 bridgehead atoms. The Balaban J connectivity index is 1.63. The van der Waals surface area contributed by atoms with Crippen LogP contribution in [0.25, 0.3) is 0 Å². The molecule has 168 valence electrons. The van der Waals surface area contributed by atoms with Gasteiger partial charge in [0, 0.05) is 17.2 Å². The molecular formula is C22H15ClFN3O5S. The summed E-state index contributed by atoms with van der Waals surface area (Å²) in [6.45, 7) is 0. The highest BCUT2D eigenvalue weighted by Gasteiger charge is 2.38. The smallest absolute Gasteiger partial charge is 0.275 e. The van der Waals surface area contributed by atoms with E-state index in [1.165, 1.54) is 54.6 Å². The molecular weight excluding hydrogens is 473 g/mol. The highest BCUT2D eigenvalue weighted by molar-refractivity contribution is 8.00. The summed E-state index contributed by atoms with van der Waals surface area (Å²) in [6, 6.07) is 15.8. The first-order chi connectivity index (χ1) is 15.8. The fourth-order valence-electron chi connectivity index (χ4n) is 3.22. The number of nitrogens with one attached hydrogen (secondary N) is 1. The lowest BCUT2D eigenvalue weighted by molar-refractivity contribution is -0.385. The van der Waals surface area contributed by atoms with E-state index in [9.17, 15) is 24.1 Å². The summed E-state index contributed by atoms with van der Waals surface area (Å²) in [5.74, 6) is -1.90. The molecule has 0 radical (unpaired) electrons. The van der Waals surface area contributed by atoms with Gasteiger partial charge in [-0.25, -0.2) is 9.40 Å². The molecule has 3 aromatic carbocycles. The maximum Gasteiger partial charge on any atom is 0.275 e. The van der Waals surface area contributed by atoms with Crippen molar-refractivity contribution in [3.05, 3.63) is 98.8 Å². The lowest BCUT2D eigenvalue weighted by Gasteiger charge is -2.25. The monoisotopic (exact) mass is 487 g/mol. The quantitative estimate of drug-likeness (QED) is 0.383. The molecule has 1 aliphatic heterocycles. The van der Waals surface area contributed by atoms with Crippen LogP contribution < -0.4 is 10.2 Å². The van der Waals surface area contributed by atoms with Crippen molar-refractivity contribution in [2.24, 2.45) is 0 Å². The summed E-state index contributed by atoms with van der Waals surface area (Å²) < 4.78 is 19.6. The fraction of sp³-hybridized carbons (Fsp3) is 0.0909. The third-order valence-electron chi connectivity index (χ3n) is 4.73. The molecule has 0 aliphatic carbocycles. The average Bonchev–Trinajstić information content (AvgIpc) is 3.15. The lowest BCUT2D eigenvalue weighted by atomic mass is 10.1. The number of benzene rings is 3. The highest BCUT2D eigenvalue weighted by Crippen LogP contribution is 2.41. The van der Waals surface area contributed by atoms with Crippen molar-refractivity contribution in [1.29, 1.82) is 0 Å². The number of carbonyl (C=O) groups is 2. The second-order valence-corrected chi connectivity index (χ2v) is 8.36. The van der Waals surface area contributed by atoms with E-state index in [-0.39, 0.29) is 39.1 Å². The fourth-order valence-corrected chi connectivity index (χ4v) is 4.52. The molecule has 8 nitrogen and oxygen atoms in total. The van der Waals surface area contributed by atoms with Gasteiger partial charge < -0.3 is 4.74 Å². The molecule has 1 saturated heterocycles. The Morgan fingerprint density at radius 3 is 2.64 bits per heavy atom. The molecule has 2 amide bonds. The molecule has 1 atom stereocenters. The number of carbonyl (C=O) groups excluding carboxylic acids is 2. The number of thioether (sulfide) groups is 1. The summed E-state index contributed by atoms with van der Waals surface area (Å²) in [7, 11) is 0. The van der Waals surface area contributed by atoms with Crippen molar-refractivity contribution in [3.63, 3.8) is 0 Å². The highest BCUT2D eigenvalue weighted by atomic mass is 35.5. The number of nitrogens with zero attached hydrogens (tertiary/aromatic N) is 2. The van der Waals surface area contributed by atoms with Gasteiger partial charge in [-0.15, -0.1) is 11.8 Å². The Kier molecular flexibility index (Phi) is 6.47. The first-order valence-corrected chi connectivity index (χ1v) is 11.0. The van der Waals surface area contributed by atoms with E-state index in [1.807, 2.05) is 0 Å². The second-order valence-electron chi connectivity index (χ2n) is 6.86. The van der Waals surface area contributed by atoms with Crippen LogP contribution in [0.3, 0.4) is 0 Å². The molecule has 0 aromatic heterocycles. The van der Waals surface area contributed by atoms with Crippen LogP contribution in [0.2, 0.25) is 5.02 Å². The van der Waals surface area contributed by atoms with Crippen molar-refractivity contribution in [2.45, 2.75) is 5.37 Å². The number of hydrogen-bond acceptors (Lipinski definition) is 6. The maximum absolute atomic E-state index is 14.1. The van der Waals surface area contributed by atoms with E-state index in [2.05, 4.69) is 5.43 Å². The second kappa shape index (κ2) is 9.47. The summed E-state index contributed by atoms with van der Waals surface area (Å²) in [4.78, 5) is 36.5. The normalized spacial score (nSPS) is 15.4. The van der Waals surface area contributed by atoms with E-state index in [0.29, 0.717) is 0 Å². The van der Waals surface area contributed by atoms with Crippen LogP contribution in [0.1, 0.15) is 21.3 Å². The molecule has 1 unspecified atom stereocenters. The number of amides is 2. The first-order valence-electron chi connectivity index (χ1n) is 9.55. The van der Waals surface area contributed by atoms with E-state index in [4.69, 9.17) is 16.3 Å². The number of hydrogen-bond donors (Lipinski definition) is 1. The van der Waals surface area contributed by atoms with Crippen LogP contribution in [0.15, 0.2) is 66.7 Å². The first kappa shape index (κ1) is 22.6. The topological polar surface area (TPSA) is 102 Å². The average molecular weight is 488 g/mol. The zero-order chi connectivity index (χ0) is 23.5. The summed E-state index contributed by atoms with van der Waals surface area (Å²) in [6.07, 6.45) is 0. The van der Waals surface area contributed by atoms with E-state index < -0.39 is 27.9 Å². The Morgan fingerprint density at radius 2 is 1.88 bits per heavy atom. The molecule has 1 aliphatic rings. The molecule has 3 aromatic rings. The molecule has 1 N–H and O–H groups in total. The Hall–Kier alpha value is -3.63. The van der Waals surface area contributed by atoms with Crippen LogP contribution in [0, 0.1) is 15.9 Å². The number of nitro groups is 1. The minimum Gasteiger partial charge on any atom is -0.453 e. The number of ether oxygens (including phenoxy) is 1. The molecule has 4 rings (SSSR count). The number of nitro benzene ring substituents is 1. The van der Waals surface area contributed by atoms with Gasteiger partial charge in [0.1, 0.15) is 11.1 Å². The van der Waals surface area contributed by atoms with Gasteiger partial charge in [-0.05, 0) is 30.3 Å². The number of hydrazine groups is 1. The van der Waals surface area contributed by atoms with E-state index >= 15 is 0 Å². The van der Waals surface area contributed by atoms with Crippen molar-refractivity contribution in [1.82, 2.24) is 10.4 Å². The summed E-state index contributed by atoms with van der Waals surface area (Å²) in [5.41, 5.74) is 2.61. The number of rotatable bonds is 6. The molecule has 0 spiro atoms. The number of halogens is 2. The third kappa shape index (κ3) is 4.76. The zero-order valence-corrected chi connectivity index (χ0v) is 18.3. The Bertz CT molecular complexity index is 1260. The standard InChI is InChI=1S/C22H15ClFN3O5S/c23-13-9-10-15(19(11-13)32-18-8-4-2-6-16(18)24)21(29)25-26-20(28)12-33-22(26)14-5-1-3-7-17(14)27(30)31/h1-11,22H,12H2,(H,25,29). The van der Waals surface area contributed by atoms with Crippen LogP contribution in [0.5, 0.6) is 11.5 Å².